The lowest BCUT2D eigenvalue weighted by atomic mass is 10.1. The normalized spacial score (nSPS) is 24.2. The number of rotatable bonds is 4. The van der Waals surface area contributed by atoms with E-state index in [1.54, 1.807) is 0 Å². The van der Waals surface area contributed by atoms with Crippen LogP contribution in [0.5, 0.6) is 0 Å². The minimum Gasteiger partial charge on any atom is -0.318 e. The monoisotopic (exact) mass is 393 g/mol. The minimum atomic E-state index is -1.99. The summed E-state index contributed by atoms with van der Waals surface area (Å²) in [6, 6.07) is 0. The summed E-state index contributed by atoms with van der Waals surface area (Å²) in [7, 11) is -7.10. The van der Waals surface area contributed by atoms with Crippen LogP contribution in [0.2, 0.25) is 52.4 Å². The van der Waals surface area contributed by atoms with Gasteiger partial charge in [-0.15, -0.1) is 0 Å². The molecule has 1 rings (SSSR count). The molecule has 0 fully saturated rings. The smallest absolute Gasteiger partial charge is 0.190 e. The van der Waals surface area contributed by atoms with Crippen molar-refractivity contribution in [1.29, 1.82) is 0 Å². The van der Waals surface area contributed by atoms with E-state index in [-0.39, 0.29) is 10.8 Å². The van der Waals surface area contributed by atoms with E-state index in [2.05, 4.69) is 81.8 Å². The van der Waals surface area contributed by atoms with Gasteiger partial charge in [-0.05, 0) is 40.8 Å². The summed E-state index contributed by atoms with van der Waals surface area (Å²) in [6.45, 7) is 26.9. The van der Waals surface area contributed by atoms with Crippen LogP contribution < -0.4 is 0 Å². The predicted octanol–water partition coefficient (Wildman–Crippen LogP) is 5.84. The third-order valence-corrected chi connectivity index (χ3v) is 22.8. The van der Waals surface area contributed by atoms with Crippen LogP contribution in [0.4, 0.5) is 4.20 Å². The van der Waals surface area contributed by atoms with Gasteiger partial charge in [0.05, 0.1) is 5.28 Å². The minimum absolute atomic E-state index is 0.0233. The van der Waals surface area contributed by atoms with Crippen LogP contribution in [0, 0.1) is 0 Å². The molecule has 0 spiro atoms. The van der Waals surface area contributed by atoms with Gasteiger partial charge in [-0.3, -0.25) is 4.00 Å². The highest BCUT2D eigenvalue weighted by Crippen LogP contribution is 2.58. The van der Waals surface area contributed by atoms with E-state index in [4.69, 9.17) is 5.10 Å². The van der Waals surface area contributed by atoms with Crippen molar-refractivity contribution in [2.24, 2.45) is 5.10 Å². The van der Waals surface area contributed by atoms with Crippen molar-refractivity contribution in [3.63, 3.8) is 0 Å². The van der Waals surface area contributed by atoms with Crippen molar-refractivity contribution < 1.29 is 4.20 Å². The third-order valence-electron chi connectivity index (χ3n) is 4.18. The van der Waals surface area contributed by atoms with Crippen LogP contribution in [0.1, 0.15) is 27.7 Å². The second-order valence-corrected chi connectivity index (χ2v) is 27.3. The van der Waals surface area contributed by atoms with E-state index < -0.39 is 33.1 Å². The maximum atomic E-state index is 16.1. The van der Waals surface area contributed by atoms with Crippen molar-refractivity contribution in [3.05, 3.63) is 0 Å². The van der Waals surface area contributed by atoms with Gasteiger partial charge in [0.1, 0.15) is 16.5 Å². The summed E-state index contributed by atoms with van der Waals surface area (Å²) in [5.74, 6) is 0. The summed E-state index contributed by atoms with van der Waals surface area (Å²) >= 11 is 0. The van der Waals surface area contributed by atoms with Crippen LogP contribution in [0.15, 0.2) is 5.10 Å². The molecule has 0 saturated carbocycles. The zero-order valence-corrected chi connectivity index (χ0v) is 21.1. The van der Waals surface area contributed by atoms with Crippen LogP contribution in [0.25, 0.3) is 0 Å². The second-order valence-electron chi connectivity index (χ2n) is 10.2. The predicted molar refractivity (Wildman–Crippen MR) is 113 cm³/mol. The number of hydrogen-bond acceptors (Lipinski definition) is 3. The number of hydrazone groups is 1. The molecule has 3 nitrogen and oxygen atoms in total. The average Bonchev–Trinajstić information content (AvgIpc) is 2.42. The number of halogens is 1. The van der Waals surface area contributed by atoms with Gasteiger partial charge in [-0.1, -0.05) is 39.3 Å². The fraction of sp³-hybridized carbons (Fsp3) is 0.933. The van der Waals surface area contributed by atoms with Gasteiger partial charge in [-0.25, -0.2) is 4.20 Å². The quantitative estimate of drug-likeness (QED) is 0.441. The molecule has 0 radical (unpaired) electrons. The third kappa shape index (κ3) is 4.35. The molecule has 23 heavy (non-hydrogen) atoms. The van der Waals surface area contributed by atoms with Crippen molar-refractivity contribution >= 4 is 38.8 Å². The molecule has 0 bridgehead atoms. The highest BCUT2D eigenvalue weighted by molar-refractivity contribution is 7.60. The first kappa shape index (κ1) is 21.5. The maximum absolute atomic E-state index is 16.1. The molecule has 0 aromatic rings. The molecule has 0 N–H and O–H groups in total. The highest BCUT2D eigenvalue weighted by atomic mass is 31.2. The average molecular weight is 394 g/mol. The van der Waals surface area contributed by atoms with Gasteiger partial charge in [0.25, 0.3) is 0 Å². The van der Waals surface area contributed by atoms with E-state index >= 15 is 4.20 Å². The topological polar surface area (TPSA) is 18.8 Å². The van der Waals surface area contributed by atoms with Crippen molar-refractivity contribution in [3.8, 4) is 0 Å². The summed E-state index contributed by atoms with van der Waals surface area (Å²) in [5.41, 5.74) is 0.983. The molecule has 136 valence electrons. The Morgan fingerprint density at radius 2 is 1.48 bits per heavy atom. The molecular weight excluding hydrogens is 356 g/mol. The summed E-state index contributed by atoms with van der Waals surface area (Å²) in [4.78, 5) is 0. The summed E-state index contributed by atoms with van der Waals surface area (Å²) < 4.78 is 20.7. The largest absolute Gasteiger partial charge is 0.318 e. The molecule has 0 saturated heterocycles. The van der Waals surface area contributed by atoms with Gasteiger partial charge >= 0.3 is 0 Å². The molecule has 1 aliphatic rings. The van der Waals surface area contributed by atoms with Gasteiger partial charge in [0, 0.05) is 11.3 Å². The zero-order valence-electron chi connectivity index (χ0n) is 17.2. The van der Waals surface area contributed by atoms with Crippen molar-refractivity contribution in [2.45, 2.75) is 90.9 Å². The van der Waals surface area contributed by atoms with Gasteiger partial charge in [-0.2, -0.15) is 5.10 Å². The molecule has 0 amide bonds. The Labute approximate surface area is 147 Å². The standard InChI is InChI=1S/C15H37FN3PSi3/c1-13-14(23(11,12)18(17-13)15(2,3)4)20(16)19(21(5,6)7)22(8,9)10/h14H,1-12H3. The first-order valence-electron chi connectivity index (χ1n) is 8.52. The second kappa shape index (κ2) is 6.31. The number of hydrogen-bond donors (Lipinski definition) is 0. The Hall–Kier alpha value is 0.441. The molecule has 0 aliphatic carbocycles. The van der Waals surface area contributed by atoms with E-state index in [0.29, 0.717) is 0 Å². The molecule has 0 aromatic carbocycles. The molecule has 0 aromatic heterocycles. The molecular formula is C15H37FN3PSi3. The van der Waals surface area contributed by atoms with Gasteiger partial charge < -0.3 is 4.67 Å². The van der Waals surface area contributed by atoms with Gasteiger partial charge in [0.15, 0.2) is 16.6 Å². The first-order chi connectivity index (χ1) is 9.91. The molecule has 1 aliphatic heterocycles. The van der Waals surface area contributed by atoms with E-state index in [1.807, 2.05) is 6.92 Å². The highest BCUT2D eigenvalue weighted by Gasteiger charge is 2.56. The van der Waals surface area contributed by atoms with Gasteiger partial charge in [0.2, 0.25) is 0 Å². The van der Waals surface area contributed by atoms with E-state index in [0.717, 1.165) is 5.71 Å². The van der Waals surface area contributed by atoms with Crippen LogP contribution in [0.3, 0.4) is 0 Å². The molecule has 1 heterocycles. The summed E-state index contributed by atoms with van der Waals surface area (Å²) in [6.07, 6.45) is 0. The fourth-order valence-electron chi connectivity index (χ4n) is 4.09. The lowest BCUT2D eigenvalue weighted by Gasteiger charge is -2.49. The molecule has 2 unspecified atom stereocenters. The van der Waals surface area contributed by atoms with Crippen molar-refractivity contribution in [2.75, 3.05) is 0 Å². The Bertz CT molecular complexity index is 464. The Morgan fingerprint density at radius 1 is 1.09 bits per heavy atom. The maximum Gasteiger partial charge on any atom is 0.190 e. The Balaban J connectivity index is 3.32. The lowest BCUT2D eigenvalue weighted by molar-refractivity contribution is 0.256. The Morgan fingerprint density at radius 3 is 1.74 bits per heavy atom. The molecule has 2 atom stereocenters. The Kier molecular flexibility index (Phi) is 5.89. The fourth-order valence-corrected chi connectivity index (χ4v) is 24.9. The summed E-state index contributed by atoms with van der Waals surface area (Å²) in [5, 5.41) is 4.88. The van der Waals surface area contributed by atoms with Crippen LogP contribution in [-0.2, 0) is 0 Å². The SMILES string of the molecule is CC1=NN(C(C)(C)C)[Si](C)(C)C1P(F)N([Si](C)(C)C)[Si](C)(C)C. The van der Waals surface area contributed by atoms with Crippen molar-refractivity contribution in [1.82, 2.24) is 8.68 Å². The zero-order chi connectivity index (χ0) is 18.6. The van der Waals surface area contributed by atoms with E-state index in [1.165, 1.54) is 0 Å². The first-order valence-corrected chi connectivity index (χ1v) is 19.7. The lowest BCUT2D eigenvalue weighted by Crippen LogP contribution is -2.62. The van der Waals surface area contributed by atoms with Crippen LogP contribution >= 0.6 is 8.38 Å². The number of nitrogens with zero attached hydrogens (tertiary/aromatic N) is 3. The van der Waals surface area contributed by atoms with E-state index in [9.17, 15) is 0 Å². The molecule has 8 heteroatoms. The van der Waals surface area contributed by atoms with Crippen LogP contribution in [-0.4, -0.2) is 49.9 Å².